The first kappa shape index (κ1) is 17.2. The molecule has 0 aliphatic heterocycles. The maximum absolute atomic E-state index is 13.3. The van der Waals surface area contributed by atoms with E-state index in [-0.39, 0.29) is 16.4 Å². The zero-order valence-electron chi connectivity index (χ0n) is 16.5. The summed E-state index contributed by atoms with van der Waals surface area (Å²) in [5, 5.41) is 14.1. The van der Waals surface area contributed by atoms with Gasteiger partial charge in [-0.3, -0.25) is 9.36 Å². The summed E-state index contributed by atoms with van der Waals surface area (Å²) < 4.78 is 3.34. The van der Waals surface area contributed by atoms with E-state index in [1.807, 2.05) is 49.4 Å². The number of aryl methyl sites for hydroxylation is 1. The maximum atomic E-state index is 13.3. The predicted octanol–water partition coefficient (Wildman–Crippen LogP) is 3.83. The molecule has 3 saturated carbocycles. The number of para-hydroxylation sites is 1. The molecule has 2 bridgehead atoms. The van der Waals surface area contributed by atoms with E-state index >= 15 is 0 Å². The van der Waals surface area contributed by atoms with E-state index in [9.17, 15) is 10.1 Å². The first-order chi connectivity index (χ1) is 14.5. The number of rotatable bonds is 3. The third-order valence-electron chi connectivity index (χ3n) is 6.77. The highest BCUT2D eigenvalue weighted by Crippen LogP contribution is 2.73. The molecule has 0 atom stereocenters. The Bertz CT molecular complexity index is 1390. The average molecular weight is 393 g/mol. The number of aromatic nitrogens is 4. The van der Waals surface area contributed by atoms with Gasteiger partial charge in [-0.15, -0.1) is 0 Å². The van der Waals surface area contributed by atoms with Gasteiger partial charge in [0, 0.05) is 0 Å². The van der Waals surface area contributed by atoms with Crippen molar-refractivity contribution in [1.29, 1.82) is 5.26 Å². The Morgan fingerprint density at radius 3 is 2.37 bits per heavy atom. The highest BCUT2D eigenvalue weighted by molar-refractivity contribution is 5.75. The van der Waals surface area contributed by atoms with Gasteiger partial charge in [-0.05, 0) is 61.4 Å². The van der Waals surface area contributed by atoms with Crippen molar-refractivity contribution < 1.29 is 0 Å². The van der Waals surface area contributed by atoms with Gasteiger partial charge in [-0.1, -0.05) is 30.3 Å². The molecular weight excluding hydrogens is 374 g/mol. The lowest BCUT2D eigenvalue weighted by Crippen LogP contribution is -2.63. The Morgan fingerprint density at radius 1 is 1.00 bits per heavy atom. The molecule has 6 nitrogen and oxygen atoms in total. The third-order valence-corrected chi connectivity index (χ3v) is 6.77. The van der Waals surface area contributed by atoms with Crippen molar-refractivity contribution in [3.63, 3.8) is 0 Å². The SMILES string of the molecule is Cc1nc2c(cnn2-c2ccccc2)c(=O)n1-c1ccc(C23CC(C#N)(C2)C3)cc1. The number of hydrogen-bond donors (Lipinski definition) is 0. The number of nitrogens with zero attached hydrogens (tertiary/aromatic N) is 5. The average Bonchev–Trinajstić information content (AvgIpc) is 3.12. The summed E-state index contributed by atoms with van der Waals surface area (Å²) in [5.74, 6) is 0.617. The number of nitriles is 1. The number of fused-ring (bicyclic) bond motifs is 1. The fraction of sp³-hybridized carbons (Fsp3) is 0.250. The van der Waals surface area contributed by atoms with Crippen molar-refractivity contribution in [2.24, 2.45) is 5.41 Å². The lowest BCUT2D eigenvalue weighted by Gasteiger charge is -2.67. The van der Waals surface area contributed by atoms with Gasteiger partial charge in [0.1, 0.15) is 11.2 Å². The molecule has 3 aliphatic rings. The van der Waals surface area contributed by atoms with Crippen LogP contribution in [0.4, 0.5) is 0 Å². The van der Waals surface area contributed by atoms with Gasteiger partial charge in [0.25, 0.3) is 5.56 Å². The number of benzene rings is 2. The summed E-state index contributed by atoms with van der Waals surface area (Å²) in [6, 6.07) is 20.3. The Kier molecular flexibility index (Phi) is 3.24. The minimum Gasteiger partial charge on any atom is -0.268 e. The monoisotopic (exact) mass is 393 g/mol. The van der Waals surface area contributed by atoms with Crippen LogP contribution >= 0.6 is 0 Å². The van der Waals surface area contributed by atoms with E-state index in [1.54, 1.807) is 15.4 Å². The molecule has 2 aromatic heterocycles. The molecular formula is C24H19N5O. The zero-order chi connectivity index (χ0) is 20.5. The second kappa shape index (κ2) is 5.67. The van der Waals surface area contributed by atoms with Gasteiger partial charge >= 0.3 is 0 Å². The largest absolute Gasteiger partial charge is 0.269 e. The van der Waals surface area contributed by atoms with Crippen LogP contribution in [0.3, 0.4) is 0 Å². The second-order valence-corrected chi connectivity index (χ2v) is 8.68. The third kappa shape index (κ3) is 2.15. The Morgan fingerprint density at radius 2 is 1.70 bits per heavy atom. The van der Waals surface area contributed by atoms with Crippen LogP contribution < -0.4 is 5.56 Å². The van der Waals surface area contributed by atoms with E-state index < -0.39 is 0 Å². The molecule has 0 spiro atoms. The summed E-state index contributed by atoms with van der Waals surface area (Å²) in [7, 11) is 0. The summed E-state index contributed by atoms with van der Waals surface area (Å²) in [5.41, 5.74) is 3.47. The van der Waals surface area contributed by atoms with Crippen molar-refractivity contribution in [2.45, 2.75) is 31.6 Å². The molecule has 0 saturated heterocycles. The van der Waals surface area contributed by atoms with Gasteiger partial charge in [0.05, 0.1) is 29.1 Å². The molecule has 6 heteroatoms. The standard InChI is InChI=1S/C24H19N5O/c1-16-27-21-20(11-26-29(21)19-5-3-2-4-6-19)22(30)28(16)18-9-7-17(8-10-18)24-12-23(13-24,14-24)15-25/h2-11H,12-14H2,1H3. The molecule has 3 fully saturated rings. The molecule has 30 heavy (non-hydrogen) atoms. The Hall–Kier alpha value is -3.72. The van der Waals surface area contributed by atoms with Crippen LogP contribution in [0.2, 0.25) is 0 Å². The van der Waals surface area contributed by atoms with E-state index in [0.29, 0.717) is 16.9 Å². The lowest BCUT2D eigenvalue weighted by molar-refractivity contribution is -0.0928. The van der Waals surface area contributed by atoms with Crippen molar-refractivity contribution in [3.8, 4) is 17.4 Å². The minimum absolute atomic E-state index is 0.0694. The van der Waals surface area contributed by atoms with Crippen LogP contribution in [0.15, 0.2) is 65.6 Å². The Labute approximate surface area is 173 Å². The molecule has 0 unspecified atom stereocenters. The van der Waals surface area contributed by atoms with Gasteiger partial charge in [0.15, 0.2) is 5.65 Å². The normalized spacial score (nSPS) is 24.1. The Balaban J connectivity index is 1.40. The first-order valence-corrected chi connectivity index (χ1v) is 10.1. The van der Waals surface area contributed by atoms with E-state index in [1.165, 1.54) is 5.56 Å². The van der Waals surface area contributed by atoms with Crippen LogP contribution in [0.25, 0.3) is 22.4 Å². The molecule has 0 N–H and O–H groups in total. The zero-order valence-corrected chi connectivity index (χ0v) is 16.5. The topological polar surface area (TPSA) is 76.5 Å². The van der Waals surface area contributed by atoms with Crippen molar-refractivity contribution in [2.75, 3.05) is 0 Å². The lowest BCUT2D eigenvalue weighted by atomic mass is 9.34. The van der Waals surface area contributed by atoms with Gasteiger partial charge < -0.3 is 0 Å². The molecule has 0 radical (unpaired) electrons. The molecule has 3 aliphatic carbocycles. The maximum Gasteiger partial charge on any atom is 0.269 e. The molecule has 2 heterocycles. The van der Waals surface area contributed by atoms with Crippen LogP contribution in [-0.4, -0.2) is 19.3 Å². The summed E-state index contributed by atoms with van der Waals surface area (Å²) in [6.07, 6.45) is 4.47. The van der Waals surface area contributed by atoms with Crippen LogP contribution in [0.5, 0.6) is 0 Å². The minimum atomic E-state index is -0.124. The van der Waals surface area contributed by atoms with Crippen molar-refractivity contribution in [1.82, 2.24) is 19.3 Å². The van der Waals surface area contributed by atoms with Gasteiger partial charge in [0.2, 0.25) is 0 Å². The van der Waals surface area contributed by atoms with Crippen molar-refractivity contribution >= 4 is 11.0 Å². The first-order valence-electron chi connectivity index (χ1n) is 10.1. The van der Waals surface area contributed by atoms with Crippen molar-refractivity contribution in [3.05, 3.63) is 82.5 Å². The van der Waals surface area contributed by atoms with Gasteiger partial charge in [-0.2, -0.15) is 10.4 Å². The second-order valence-electron chi connectivity index (χ2n) is 8.68. The van der Waals surface area contributed by atoms with Crippen LogP contribution in [0.1, 0.15) is 30.7 Å². The van der Waals surface area contributed by atoms with Crippen LogP contribution in [-0.2, 0) is 5.41 Å². The molecule has 4 aromatic rings. The van der Waals surface area contributed by atoms with E-state index in [2.05, 4.69) is 23.3 Å². The number of hydrogen-bond acceptors (Lipinski definition) is 4. The smallest absolute Gasteiger partial charge is 0.268 e. The quantitative estimate of drug-likeness (QED) is 0.530. The van der Waals surface area contributed by atoms with Gasteiger partial charge in [-0.25, -0.2) is 9.67 Å². The molecule has 7 rings (SSSR count). The highest BCUT2D eigenvalue weighted by Gasteiger charge is 2.68. The fourth-order valence-electron chi connectivity index (χ4n) is 5.31. The molecule has 146 valence electrons. The van der Waals surface area contributed by atoms with E-state index in [0.717, 1.165) is 30.6 Å². The van der Waals surface area contributed by atoms with Crippen LogP contribution in [0, 0.1) is 23.7 Å². The summed E-state index contributed by atoms with van der Waals surface area (Å²) >= 11 is 0. The molecule has 0 amide bonds. The van der Waals surface area contributed by atoms with E-state index in [4.69, 9.17) is 4.98 Å². The fourth-order valence-corrected chi connectivity index (χ4v) is 5.31. The summed E-state index contributed by atoms with van der Waals surface area (Å²) in [6.45, 7) is 1.84. The molecule has 2 aromatic carbocycles. The highest BCUT2D eigenvalue weighted by atomic mass is 16.1. The predicted molar refractivity (Wildman–Crippen MR) is 113 cm³/mol. The summed E-state index contributed by atoms with van der Waals surface area (Å²) in [4.78, 5) is 18.0.